The zero-order chi connectivity index (χ0) is 15.6. The maximum Gasteiger partial charge on any atom is 0.341 e. The highest BCUT2D eigenvalue weighted by Crippen LogP contribution is 2.23. The van der Waals surface area contributed by atoms with Gasteiger partial charge in [0.2, 0.25) is 9.84 Å². The molecule has 21 heavy (non-hydrogen) atoms. The number of anilines is 1. The van der Waals surface area contributed by atoms with Gasteiger partial charge in [-0.15, -0.1) is 0 Å². The third-order valence-electron chi connectivity index (χ3n) is 3.44. The molecule has 8 heteroatoms. The Morgan fingerprint density at radius 2 is 1.95 bits per heavy atom. The monoisotopic (exact) mass is 320 g/mol. The fraction of sp³-hybridized carbons (Fsp3) is 0.538. The molecule has 0 aliphatic carbocycles. The Balaban J connectivity index is 2.16. The van der Waals surface area contributed by atoms with Gasteiger partial charge in [-0.1, -0.05) is 0 Å². The summed E-state index contributed by atoms with van der Waals surface area (Å²) in [5.41, 5.74) is 6.57. The minimum atomic E-state index is -4.55. The van der Waals surface area contributed by atoms with Crippen molar-refractivity contribution < 1.29 is 21.9 Å². The molecule has 1 heterocycles. The molecule has 1 aliphatic heterocycles. The number of halogens is 2. The van der Waals surface area contributed by atoms with Crippen LogP contribution in [0, 0.1) is 0 Å². The predicted molar refractivity (Wildman–Crippen MR) is 75.2 cm³/mol. The highest BCUT2D eigenvalue weighted by molar-refractivity contribution is 7.91. The fourth-order valence-electron chi connectivity index (χ4n) is 2.18. The maximum absolute atomic E-state index is 12.5. The Morgan fingerprint density at radius 3 is 2.48 bits per heavy atom. The van der Waals surface area contributed by atoms with Crippen molar-refractivity contribution in [3.63, 3.8) is 0 Å². The first-order chi connectivity index (χ1) is 9.82. The van der Waals surface area contributed by atoms with E-state index in [1.165, 1.54) is 24.3 Å². The summed E-state index contributed by atoms with van der Waals surface area (Å²) in [6.07, 6.45) is -0.108. The molecule has 1 aromatic rings. The lowest BCUT2D eigenvalue weighted by molar-refractivity contribution is 0.0276. The van der Waals surface area contributed by atoms with Crippen molar-refractivity contribution >= 4 is 15.5 Å². The first-order valence-electron chi connectivity index (χ1n) is 6.56. The van der Waals surface area contributed by atoms with Gasteiger partial charge in [-0.05, 0) is 31.2 Å². The molecule has 2 atom stereocenters. The van der Waals surface area contributed by atoms with Crippen molar-refractivity contribution in [3.8, 4) is 0 Å². The van der Waals surface area contributed by atoms with E-state index >= 15 is 0 Å². The largest absolute Gasteiger partial charge is 0.373 e. The van der Waals surface area contributed by atoms with Gasteiger partial charge in [0, 0.05) is 24.8 Å². The van der Waals surface area contributed by atoms with E-state index in [2.05, 4.69) is 0 Å². The summed E-state index contributed by atoms with van der Waals surface area (Å²) >= 11 is 0. The first kappa shape index (κ1) is 16.1. The van der Waals surface area contributed by atoms with Gasteiger partial charge in [0.25, 0.3) is 0 Å². The summed E-state index contributed by atoms with van der Waals surface area (Å²) < 4.78 is 53.2. The second kappa shape index (κ2) is 6.25. The van der Waals surface area contributed by atoms with Gasteiger partial charge in [-0.3, -0.25) is 0 Å². The lowest BCUT2D eigenvalue weighted by Crippen LogP contribution is -2.49. The smallest absolute Gasteiger partial charge is 0.341 e. The van der Waals surface area contributed by atoms with E-state index in [4.69, 9.17) is 10.5 Å². The summed E-state index contributed by atoms with van der Waals surface area (Å²) in [7, 11) is -4.55. The van der Waals surface area contributed by atoms with Crippen molar-refractivity contribution in [1.29, 1.82) is 0 Å². The number of ether oxygens (including phenoxy) is 1. The van der Waals surface area contributed by atoms with Gasteiger partial charge in [0.15, 0.2) is 0 Å². The van der Waals surface area contributed by atoms with E-state index in [1.54, 1.807) is 0 Å². The van der Waals surface area contributed by atoms with Gasteiger partial charge in [-0.2, -0.15) is 8.78 Å². The predicted octanol–water partition coefficient (Wildman–Crippen LogP) is 1.24. The quantitative estimate of drug-likeness (QED) is 0.903. The van der Waals surface area contributed by atoms with Crippen LogP contribution in [0.15, 0.2) is 29.2 Å². The van der Waals surface area contributed by atoms with Crippen LogP contribution in [-0.4, -0.2) is 46.0 Å². The van der Waals surface area contributed by atoms with Crippen molar-refractivity contribution in [2.45, 2.75) is 29.7 Å². The number of sulfone groups is 1. The summed E-state index contributed by atoms with van der Waals surface area (Å²) in [6.45, 7) is 3.60. The molecule has 2 rings (SSSR count). The molecule has 0 saturated carbocycles. The molecule has 0 amide bonds. The van der Waals surface area contributed by atoms with E-state index in [-0.39, 0.29) is 17.0 Å². The lowest BCUT2D eigenvalue weighted by atomic mass is 10.1. The molecule has 0 bridgehead atoms. The fourth-order valence-corrected chi connectivity index (χ4v) is 2.90. The Kier molecular flexibility index (Phi) is 4.80. The molecule has 1 fully saturated rings. The lowest BCUT2D eigenvalue weighted by Gasteiger charge is -2.36. The number of nitrogens with zero attached hydrogens (tertiary/aromatic N) is 1. The summed E-state index contributed by atoms with van der Waals surface area (Å²) in [4.78, 5) is 1.62. The SMILES string of the molecule is CC(N)C1CN(c2ccc(S(=O)(=O)C(F)F)cc2)CCO1. The van der Waals surface area contributed by atoms with Gasteiger partial charge in [-0.25, -0.2) is 8.42 Å². The number of morpholine rings is 1. The third-order valence-corrected chi connectivity index (χ3v) is 4.84. The van der Waals surface area contributed by atoms with E-state index in [9.17, 15) is 17.2 Å². The first-order valence-corrected chi connectivity index (χ1v) is 8.11. The number of alkyl halides is 2. The number of hydrogen-bond donors (Lipinski definition) is 1. The summed E-state index contributed by atoms with van der Waals surface area (Å²) in [5, 5.41) is 0. The van der Waals surface area contributed by atoms with E-state index in [0.29, 0.717) is 19.7 Å². The molecule has 0 spiro atoms. The molecule has 1 aromatic carbocycles. The van der Waals surface area contributed by atoms with Crippen LogP contribution in [-0.2, 0) is 14.6 Å². The minimum absolute atomic E-state index is 0.108. The highest BCUT2D eigenvalue weighted by atomic mass is 32.2. The number of hydrogen-bond acceptors (Lipinski definition) is 5. The van der Waals surface area contributed by atoms with Crippen LogP contribution in [0.2, 0.25) is 0 Å². The second-order valence-corrected chi connectivity index (χ2v) is 6.93. The van der Waals surface area contributed by atoms with Crippen molar-refractivity contribution in [2.24, 2.45) is 5.73 Å². The minimum Gasteiger partial charge on any atom is -0.373 e. The number of benzene rings is 1. The van der Waals surface area contributed by atoms with Crippen LogP contribution in [0.3, 0.4) is 0 Å². The average molecular weight is 320 g/mol. The molecular formula is C13H18F2N2O3S. The Morgan fingerprint density at radius 1 is 1.33 bits per heavy atom. The normalized spacial score (nSPS) is 21.6. The van der Waals surface area contributed by atoms with E-state index in [1.807, 2.05) is 11.8 Å². The molecule has 2 unspecified atom stereocenters. The maximum atomic E-state index is 12.5. The molecule has 1 saturated heterocycles. The summed E-state index contributed by atoms with van der Waals surface area (Å²) in [6, 6.07) is 5.34. The van der Waals surface area contributed by atoms with Crippen LogP contribution in [0.5, 0.6) is 0 Å². The van der Waals surface area contributed by atoms with Crippen molar-refractivity contribution in [1.82, 2.24) is 0 Å². The Hall–Kier alpha value is -1.25. The number of nitrogens with two attached hydrogens (primary N) is 1. The third kappa shape index (κ3) is 3.50. The van der Waals surface area contributed by atoms with Crippen LogP contribution in [0.1, 0.15) is 6.92 Å². The molecule has 5 nitrogen and oxygen atoms in total. The van der Waals surface area contributed by atoms with Gasteiger partial charge < -0.3 is 15.4 Å². The van der Waals surface area contributed by atoms with Crippen LogP contribution >= 0.6 is 0 Å². The van der Waals surface area contributed by atoms with Crippen molar-refractivity contribution in [3.05, 3.63) is 24.3 Å². The molecule has 0 radical (unpaired) electrons. The van der Waals surface area contributed by atoms with Crippen molar-refractivity contribution in [2.75, 3.05) is 24.6 Å². The molecule has 1 aliphatic rings. The Labute approximate surface area is 122 Å². The highest BCUT2D eigenvalue weighted by Gasteiger charge is 2.27. The zero-order valence-electron chi connectivity index (χ0n) is 11.6. The average Bonchev–Trinajstić information content (AvgIpc) is 2.47. The standard InChI is InChI=1S/C13H18F2N2O3S/c1-9(16)12-8-17(6-7-20-12)10-2-4-11(5-3-10)21(18,19)13(14)15/h2-5,9,12-13H,6-8,16H2,1H3. The molecular weight excluding hydrogens is 302 g/mol. The number of rotatable bonds is 4. The zero-order valence-corrected chi connectivity index (χ0v) is 12.4. The van der Waals surface area contributed by atoms with E-state index in [0.717, 1.165) is 5.69 Å². The molecule has 2 N–H and O–H groups in total. The van der Waals surface area contributed by atoms with Crippen LogP contribution in [0.4, 0.5) is 14.5 Å². The van der Waals surface area contributed by atoms with E-state index < -0.39 is 15.6 Å². The molecule has 0 aromatic heterocycles. The van der Waals surface area contributed by atoms with Gasteiger partial charge in [0.1, 0.15) is 0 Å². The molecule has 118 valence electrons. The van der Waals surface area contributed by atoms with Gasteiger partial charge >= 0.3 is 5.76 Å². The van der Waals surface area contributed by atoms with Crippen LogP contribution < -0.4 is 10.6 Å². The Bertz CT molecular complexity index is 576. The van der Waals surface area contributed by atoms with Crippen LogP contribution in [0.25, 0.3) is 0 Å². The van der Waals surface area contributed by atoms with Gasteiger partial charge in [0.05, 0.1) is 17.6 Å². The topological polar surface area (TPSA) is 72.6 Å². The second-order valence-electron chi connectivity index (χ2n) is 5.01. The summed E-state index contributed by atoms with van der Waals surface area (Å²) in [5.74, 6) is -3.41.